The van der Waals surface area contributed by atoms with Gasteiger partial charge in [0.25, 0.3) is 0 Å². The van der Waals surface area contributed by atoms with Crippen molar-refractivity contribution in [3.05, 3.63) is 18.0 Å². The zero-order chi connectivity index (χ0) is 13.2. The second-order valence-electron chi connectivity index (χ2n) is 5.83. The predicted octanol–water partition coefficient (Wildman–Crippen LogP) is 0.936. The van der Waals surface area contributed by atoms with E-state index >= 15 is 0 Å². The molecule has 2 atom stereocenters. The van der Waals surface area contributed by atoms with Crippen LogP contribution in [0.1, 0.15) is 31.7 Å². The van der Waals surface area contributed by atoms with E-state index in [1.165, 1.54) is 12.8 Å². The van der Waals surface area contributed by atoms with Crippen LogP contribution in [0.5, 0.6) is 0 Å². The topological polar surface area (TPSA) is 61.3 Å². The number of rotatable bonds is 4. The number of aliphatic hydroxyl groups excluding tert-OH is 1. The first-order chi connectivity index (χ1) is 9.22. The molecule has 104 valence electrons. The summed E-state index contributed by atoms with van der Waals surface area (Å²) in [6.45, 7) is 4.61. The zero-order valence-electron chi connectivity index (χ0n) is 11.4. The van der Waals surface area contributed by atoms with Crippen molar-refractivity contribution in [3.63, 3.8) is 0 Å². The van der Waals surface area contributed by atoms with E-state index in [2.05, 4.69) is 27.1 Å². The van der Waals surface area contributed by atoms with Gasteiger partial charge in [-0.15, -0.1) is 0 Å². The quantitative estimate of drug-likeness (QED) is 0.845. The number of nitrogens with one attached hydrogen (secondary N) is 1. The van der Waals surface area contributed by atoms with Gasteiger partial charge in [0.1, 0.15) is 0 Å². The highest BCUT2D eigenvalue weighted by molar-refractivity contribution is 5.31. The second-order valence-corrected chi connectivity index (χ2v) is 5.83. The molecule has 5 nitrogen and oxygen atoms in total. The van der Waals surface area contributed by atoms with E-state index in [4.69, 9.17) is 0 Å². The van der Waals surface area contributed by atoms with Crippen LogP contribution in [-0.4, -0.2) is 40.3 Å². The third kappa shape index (κ3) is 3.22. The molecule has 2 N–H and O–H groups in total. The molecule has 1 aromatic heterocycles. The SMILES string of the molecule is CC1CN(c2ncc(CNC3CC3)cn2)CCC1O. The number of hydrogen-bond acceptors (Lipinski definition) is 5. The van der Waals surface area contributed by atoms with Gasteiger partial charge in [0.2, 0.25) is 5.95 Å². The Morgan fingerprint density at radius 1 is 1.32 bits per heavy atom. The minimum atomic E-state index is -0.182. The van der Waals surface area contributed by atoms with Crippen LogP contribution < -0.4 is 10.2 Å². The molecule has 0 spiro atoms. The number of aliphatic hydroxyl groups is 1. The van der Waals surface area contributed by atoms with Crippen LogP contribution in [0.25, 0.3) is 0 Å². The third-order valence-corrected chi connectivity index (χ3v) is 4.01. The van der Waals surface area contributed by atoms with E-state index in [0.29, 0.717) is 6.04 Å². The van der Waals surface area contributed by atoms with Gasteiger partial charge in [-0.1, -0.05) is 6.92 Å². The van der Waals surface area contributed by atoms with E-state index in [1.54, 1.807) is 0 Å². The van der Waals surface area contributed by atoms with Gasteiger partial charge in [-0.25, -0.2) is 9.97 Å². The van der Waals surface area contributed by atoms with Gasteiger partial charge in [-0.3, -0.25) is 0 Å². The Balaban J connectivity index is 1.58. The van der Waals surface area contributed by atoms with E-state index in [-0.39, 0.29) is 12.0 Å². The maximum Gasteiger partial charge on any atom is 0.225 e. The summed E-state index contributed by atoms with van der Waals surface area (Å²) in [5.74, 6) is 1.07. The van der Waals surface area contributed by atoms with Crippen LogP contribution in [0.3, 0.4) is 0 Å². The Hall–Kier alpha value is -1.20. The fourth-order valence-corrected chi connectivity index (χ4v) is 2.47. The normalized spacial score (nSPS) is 27.6. The van der Waals surface area contributed by atoms with Gasteiger partial charge >= 0.3 is 0 Å². The highest BCUT2D eigenvalue weighted by atomic mass is 16.3. The number of hydrogen-bond donors (Lipinski definition) is 2. The number of nitrogens with zero attached hydrogens (tertiary/aromatic N) is 3. The van der Waals surface area contributed by atoms with E-state index in [1.807, 2.05) is 12.4 Å². The van der Waals surface area contributed by atoms with E-state index in [0.717, 1.165) is 37.6 Å². The predicted molar refractivity (Wildman–Crippen MR) is 73.9 cm³/mol. The summed E-state index contributed by atoms with van der Waals surface area (Å²) in [6, 6.07) is 0.712. The summed E-state index contributed by atoms with van der Waals surface area (Å²) in [5, 5.41) is 13.2. The summed E-state index contributed by atoms with van der Waals surface area (Å²) < 4.78 is 0. The standard InChI is InChI=1S/C14H22N4O/c1-10-9-18(5-4-13(10)19)14-16-7-11(8-17-14)6-15-12-2-3-12/h7-8,10,12-13,15,19H,2-6,9H2,1H3. The van der Waals surface area contributed by atoms with Crippen molar-refractivity contribution in [1.82, 2.24) is 15.3 Å². The van der Waals surface area contributed by atoms with Crippen LogP contribution in [0.4, 0.5) is 5.95 Å². The van der Waals surface area contributed by atoms with Crippen molar-refractivity contribution in [1.29, 1.82) is 0 Å². The minimum absolute atomic E-state index is 0.182. The average Bonchev–Trinajstić information content (AvgIpc) is 3.24. The van der Waals surface area contributed by atoms with E-state index < -0.39 is 0 Å². The lowest BCUT2D eigenvalue weighted by Gasteiger charge is -2.34. The fourth-order valence-electron chi connectivity index (χ4n) is 2.47. The van der Waals surface area contributed by atoms with Gasteiger partial charge in [0.05, 0.1) is 6.10 Å². The minimum Gasteiger partial charge on any atom is -0.393 e. The van der Waals surface area contributed by atoms with Crippen molar-refractivity contribution in [2.45, 2.75) is 44.9 Å². The van der Waals surface area contributed by atoms with Gasteiger partial charge in [-0.05, 0) is 25.2 Å². The highest BCUT2D eigenvalue weighted by Gasteiger charge is 2.25. The number of aromatic nitrogens is 2. The molecular formula is C14H22N4O. The second kappa shape index (κ2) is 5.43. The maximum atomic E-state index is 9.74. The Bertz CT molecular complexity index is 418. The van der Waals surface area contributed by atoms with Crippen LogP contribution in [0, 0.1) is 5.92 Å². The lowest BCUT2D eigenvalue weighted by molar-refractivity contribution is 0.0966. The number of anilines is 1. The Morgan fingerprint density at radius 3 is 2.68 bits per heavy atom. The molecule has 5 heteroatoms. The Labute approximate surface area is 114 Å². The highest BCUT2D eigenvalue weighted by Crippen LogP contribution is 2.21. The van der Waals surface area contributed by atoms with Crippen molar-refractivity contribution < 1.29 is 5.11 Å². The third-order valence-electron chi connectivity index (χ3n) is 4.01. The van der Waals surface area contributed by atoms with Gasteiger partial charge < -0.3 is 15.3 Å². The van der Waals surface area contributed by atoms with Crippen LogP contribution in [-0.2, 0) is 6.54 Å². The average molecular weight is 262 g/mol. The zero-order valence-corrected chi connectivity index (χ0v) is 11.4. The molecule has 3 rings (SSSR count). The molecule has 0 bridgehead atoms. The largest absolute Gasteiger partial charge is 0.393 e. The monoisotopic (exact) mass is 262 g/mol. The molecule has 2 unspecified atom stereocenters. The van der Waals surface area contributed by atoms with Crippen molar-refractivity contribution in [2.75, 3.05) is 18.0 Å². The molecule has 1 aromatic rings. The van der Waals surface area contributed by atoms with Gasteiger partial charge in [-0.2, -0.15) is 0 Å². The van der Waals surface area contributed by atoms with Gasteiger partial charge in [0, 0.05) is 43.6 Å². The molecule has 2 heterocycles. The molecule has 2 fully saturated rings. The first kappa shape index (κ1) is 12.8. The maximum absolute atomic E-state index is 9.74. The molecular weight excluding hydrogens is 240 g/mol. The van der Waals surface area contributed by atoms with Crippen LogP contribution >= 0.6 is 0 Å². The Morgan fingerprint density at radius 2 is 2.05 bits per heavy atom. The molecule has 1 saturated heterocycles. The molecule has 2 aliphatic rings. The molecule has 1 aliphatic heterocycles. The fraction of sp³-hybridized carbons (Fsp3) is 0.714. The molecule has 1 saturated carbocycles. The van der Waals surface area contributed by atoms with Crippen molar-refractivity contribution >= 4 is 5.95 Å². The summed E-state index contributed by atoms with van der Waals surface area (Å²) in [4.78, 5) is 11.1. The molecule has 0 aromatic carbocycles. The van der Waals surface area contributed by atoms with Gasteiger partial charge in [0.15, 0.2) is 0 Å². The first-order valence-electron chi connectivity index (χ1n) is 7.19. The molecule has 19 heavy (non-hydrogen) atoms. The van der Waals surface area contributed by atoms with E-state index in [9.17, 15) is 5.11 Å². The molecule has 0 amide bonds. The molecule has 0 radical (unpaired) electrons. The number of piperidine rings is 1. The lowest BCUT2D eigenvalue weighted by atomic mass is 9.97. The lowest BCUT2D eigenvalue weighted by Crippen LogP contribution is -2.42. The Kier molecular flexibility index (Phi) is 3.66. The first-order valence-corrected chi connectivity index (χ1v) is 7.19. The molecule has 1 aliphatic carbocycles. The summed E-state index contributed by atoms with van der Waals surface area (Å²) in [5.41, 5.74) is 1.14. The van der Waals surface area contributed by atoms with Crippen LogP contribution in [0.2, 0.25) is 0 Å². The van der Waals surface area contributed by atoms with Crippen molar-refractivity contribution in [3.8, 4) is 0 Å². The summed E-state index contributed by atoms with van der Waals surface area (Å²) >= 11 is 0. The summed E-state index contributed by atoms with van der Waals surface area (Å²) in [6.07, 6.45) is 7.04. The van der Waals surface area contributed by atoms with Crippen LogP contribution in [0.15, 0.2) is 12.4 Å². The van der Waals surface area contributed by atoms with Crippen molar-refractivity contribution in [2.24, 2.45) is 5.92 Å². The smallest absolute Gasteiger partial charge is 0.225 e. The summed E-state index contributed by atoms with van der Waals surface area (Å²) in [7, 11) is 0.